The predicted octanol–water partition coefficient (Wildman–Crippen LogP) is 3.53. The first kappa shape index (κ1) is 20.6. The Bertz CT molecular complexity index is 927. The van der Waals surface area contributed by atoms with Crippen LogP contribution in [0.5, 0.6) is 5.75 Å². The zero-order valence-electron chi connectivity index (χ0n) is 16.0. The minimum absolute atomic E-state index is 0.00344. The van der Waals surface area contributed by atoms with Gasteiger partial charge >= 0.3 is 0 Å². The molecular weight excluding hydrogens is 394 g/mol. The summed E-state index contributed by atoms with van der Waals surface area (Å²) >= 11 is 5.43. The molecule has 1 aliphatic heterocycles. The summed E-state index contributed by atoms with van der Waals surface area (Å²) in [6.45, 7) is 3.13. The molecule has 1 aliphatic rings. The lowest BCUT2D eigenvalue weighted by Crippen LogP contribution is -2.31. The highest BCUT2D eigenvalue weighted by Crippen LogP contribution is 2.30. The van der Waals surface area contributed by atoms with Crippen LogP contribution in [-0.4, -0.2) is 38.0 Å². The first-order valence-electron chi connectivity index (χ1n) is 9.22. The van der Waals surface area contributed by atoms with Gasteiger partial charge in [0.2, 0.25) is 10.0 Å². The van der Waals surface area contributed by atoms with Gasteiger partial charge < -0.3 is 15.4 Å². The van der Waals surface area contributed by atoms with E-state index in [4.69, 9.17) is 17.0 Å². The number of anilines is 1. The summed E-state index contributed by atoms with van der Waals surface area (Å²) in [5, 5.41) is 6.69. The van der Waals surface area contributed by atoms with Crippen molar-refractivity contribution in [1.29, 1.82) is 0 Å². The largest absolute Gasteiger partial charge is 0.495 e. The normalized spacial score (nSPS) is 15.8. The summed E-state index contributed by atoms with van der Waals surface area (Å²) in [5.74, 6) is 0.525. The maximum atomic E-state index is 12.8. The van der Waals surface area contributed by atoms with Gasteiger partial charge in [-0.15, -0.1) is 0 Å². The SMILES string of the molecule is COc1ccc(S(=O)(=O)N2CCCC2)cc1NC(=S)N[C@H](C)c1ccccc1. The van der Waals surface area contributed by atoms with Crippen LogP contribution < -0.4 is 15.4 Å². The monoisotopic (exact) mass is 419 g/mol. The molecule has 1 atom stereocenters. The van der Waals surface area contributed by atoms with Gasteiger partial charge in [-0.3, -0.25) is 0 Å². The number of benzene rings is 2. The van der Waals surface area contributed by atoms with Gasteiger partial charge in [0.25, 0.3) is 0 Å². The average molecular weight is 420 g/mol. The Balaban J connectivity index is 1.77. The molecule has 0 amide bonds. The molecule has 0 spiro atoms. The van der Waals surface area contributed by atoms with Gasteiger partial charge in [0.1, 0.15) is 5.75 Å². The zero-order chi connectivity index (χ0) is 20.1. The van der Waals surface area contributed by atoms with Crippen LogP contribution in [0.15, 0.2) is 53.4 Å². The Morgan fingerprint density at radius 1 is 1.14 bits per heavy atom. The van der Waals surface area contributed by atoms with Gasteiger partial charge in [-0.1, -0.05) is 30.3 Å². The molecule has 0 radical (unpaired) electrons. The van der Waals surface area contributed by atoms with E-state index < -0.39 is 10.0 Å². The van der Waals surface area contributed by atoms with E-state index >= 15 is 0 Å². The van der Waals surface area contributed by atoms with Crippen molar-refractivity contribution in [3.8, 4) is 5.75 Å². The van der Waals surface area contributed by atoms with Gasteiger partial charge in [0, 0.05) is 13.1 Å². The number of nitrogens with zero attached hydrogens (tertiary/aromatic N) is 1. The number of sulfonamides is 1. The molecule has 1 heterocycles. The molecule has 0 aromatic heterocycles. The molecule has 0 unspecified atom stereocenters. The van der Waals surface area contributed by atoms with Crippen molar-refractivity contribution in [2.24, 2.45) is 0 Å². The molecule has 2 aromatic carbocycles. The Morgan fingerprint density at radius 2 is 1.82 bits per heavy atom. The van der Waals surface area contributed by atoms with Crippen LogP contribution >= 0.6 is 12.2 Å². The van der Waals surface area contributed by atoms with Crippen molar-refractivity contribution < 1.29 is 13.2 Å². The van der Waals surface area contributed by atoms with Crippen molar-refractivity contribution in [1.82, 2.24) is 9.62 Å². The predicted molar refractivity (Wildman–Crippen MR) is 115 cm³/mol. The lowest BCUT2D eigenvalue weighted by atomic mass is 10.1. The molecule has 0 bridgehead atoms. The first-order chi connectivity index (χ1) is 13.4. The van der Waals surface area contributed by atoms with Crippen LogP contribution in [-0.2, 0) is 10.0 Å². The summed E-state index contributed by atoms with van der Waals surface area (Å²) < 4.78 is 32.6. The third-order valence-electron chi connectivity index (χ3n) is 4.77. The van der Waals surface area contributed by atoms with E-state index in [-0.39, 0.29) is 10.9 Å². The van der Waals surface area contributed by atoms with E-state index in [9.17, 15) is 8.42 Å². The molecule has 8 heteroatoms. The number of thiocarbonyl (C=S) groups is 1. The first-order valence-corrected chi connectivity index (χ1v) is 11.1. The smallest absolute Gasteiger partial charge is 0.243 e. The second-order valence-corrected chi connectivity index (χ2v) is 9.05. The minimum Gasteiger partial charge on any atom is -0.495 e. The van der Waals surface area contributed by atoms with Crippen molar-refractivity contribution in [3.05, 3.63) is 54.1 Å². The molecule has 3 rings (SSSR count). The minimum atomic E-state index is -3.51. The van der Waals surface area contributed by atoms with Crippen LogP contribution in [0.3, 0.4) is 0 Å². The van der Waals surface area contributed by atoms with Crippen molar-refractivity contribution >= 4 is 33.0 Å². The standard InChI is InChI=1S/C20H25N3O3S2/c1-15(16-8-4-3-5-9-16)21-20(27)22-18-14-17(10-11-19(18)26-2)28(24,25)23-12-6-7-13-23/h3-5,8-11,14-15H,6-7,12-13H2,1-2H3,(H2,21,22,27)/t15-/m1/s1. The number of rotatable bonds is 6. The quantitative estimate of drug-likeness (QED) is 0.698. The Morgan fingerprint density at radius 3 is 2.46 bits per heavy atom. The maximum Gasteiger partial charge on any atom is 0.243 e. The highest BCUT2D eigenvalue weighted by atomic mass is 32.2. The fourth-order valence-corrected chi connectivity index (χ4v) is 5.03. The Kier molecular flexibility index (Phi) is 6.53. The van der Waals surface area contributed by atoms with Crippen LogP contribution in [0.1, 0.15) is 31.4 Å². The fraction of sp³-hybridized carbons (Fsp3) is 0.350. The molecule has 6 nitrogen and oxygen atoms in total. The average Bonchev–Trinajstić information content (AvgIpc) is 3.24. The lowest BCUT2D eigenvalue weighted by Gasteiger charge is -2.20. The molecule has 150 valence electrons. The van der Waals surface area contributed by atoms with Gasteiger partial charge in [-0.25, -0.2) is 8.42 Å². The van der Waals surface area contributed by atoms with E-state index in [1.165, 1.54) is 11.4 Å². The van der Waals surface area contributed by atoms with Crippen LogP contribution in [0.25, 0.3) is 0 Å². The summed E-state index contributed by atoms with van der Waals surface area (Å²) in [5.41, 5.74) is 1.62. The van der Waals surface area contributed by atoms with Crippen LogP contribution in [0.4, 0.5) is 5.69 Å². The molecule has 0 saturated carbocycles. The number of methoxy groups -OCH3 is 1. The molecule has 2 aromatic rings. The van der Waals surface area contributed by atoms with Crippen molar-refractivity contribution in [2.75, 3.05) is 25.5 Å². The van der Waals surface area contributed by atoms with E-state index in [0.717, 1.165) is 18.4 Å². The summed E-state index contributed by atoms with van der Waals surface area (Å²) in [6, 6.07) is 14.7. The number of hydrogen-bond donors (Lipinski definition) is 2. The Labute approximate surface area is 171 Å². The van der Waals surface area contributed by atoms with Crippen LogP contribution in [0, 0.1) is 0 Å². The highest BCUT2D eigenvalue weighted by molar-refractivity contribution is 7.89. The third-order valence-corrected chi connectivity index (χ3v) is 6.88. The third kappa shape index (κ3) is 4.63. The van der Waals surface area contributed by atoms with Gasteiger partial charge in [-0.2, -0.15) is 4.31 Å². The molecular formula is C20H25N3O3S2. The molecule has 0 aliphatic carbocycles. The summed E-state index contributed by atoms with van der Waals surface area (Å²) in [4.78, 5) is 0.233. The topological polar surface area (TPSA) is 70.7 Å². The summed E-state index contributed by atoms with van der Waals surface area (Å²) in [6.07, 6.45) is 1.79. The van der Waals surface area contributed by atoms with E-state index in [1.807, 2.05) is 37.3 Å². The molecule has 2 N–H and O–H groups in total. The molecule has 28 heavy (non-hydrogen) atoms. The second-order valence-electron chi connectivity index (χ2n) is 6.70. The van der Waals surface area contributed by atoms with Gasteiger partial charge in [-0.05, 0) is 55.7 Å². The maximum absolute atomic E-state index is 12.8. The summed E-state index contributed by atoms with van der Waals surface area (Å²) in [7, 11) is -1.97. The van der Waals surface area contributed by atoms with Crippen LogP contribution in [0.2, 0.25) is 0 Å². The highest BCUT2D eigenvalue weighted by Gasteiger charge is 2.28. The number of hydrogen-bond acceptors (Lipinski definition) is 4. The number of nitrogens with one attached hydrogen (secondary N) is 2. The number of ether oxygens (including phenoxy) is 1. The van der Waals surface area contributed by atoms with Gasteiger partial charge in [0.05, 0.1) is 23.7 Å². The van der Waals surface area contributed by atoms with E-state index in [2.05, 4.69) is 10.6 Å². The van der Waals surface area contributed by atoms with Crippen molar-refractivity contribution in [3.63, 3.8) is 0 Å². The van der Waals surface area contributed by atoms with Gasteiger partial charge in [0.15, 0.2) is 5.11 Å². The second kappa shape index (κ2) is 8.89. The Hall–Kier alpha value is -2.16. The molecule has 1 fully saturated rings. The van der Waals surface area contributed by atoms with Crippen molar-refractivity contribution in [2.45, 2.75) is 30.7 Å². The zero-order valence-corrected chi connectivity index (χ0v) is 17.6. The van der Waals surface area contributed by atoms with E-state index in [1.54, 1.807) is 18.2 Å². The van der Waals surface area contributed by atoms with E-state index in [0.29, 0.717) is 29.6 Å². The fourth-order valence-electron chi connectivity index (χ4n) is 3.20. The lowest BCUT2D eigenvalue weighted by molar-refractivity contribution is 0.416. The molecule has 1 saturated heterocycles.